The molecule has 0 N–H and O–H groups in total. The summed E-state index contributed by atoms with van der Waals surface area (Å²) in [5.41, 5.74) is 2.19. The molecule has 33 heavy (non-hydrogen) atoms. The van der Waals surface area contributed by atoms with Crippen LogP contribution in [0.15, 0.2) is 48.5 Å². The number of para-hydroxylation sites is 2. The summed E-state index contributed by atoms with van der Waals surface area (Å²) in [5, 5.41) is 9.72. The summed E-state index contributed by atoms with van der Waals surface area (Å²) in [5.74, 6) is 2.02. The van der Waals surface area contributed by atoms with Crippen molar-refractivity contribution >= 4 is 28.4 Å². The smallest absolute Gasteiger partial charge is 0.257 e. The second kappa shape index (κ2) is 8.67. The number of anilines is 1. The van der Waals surface area contributed by atoms with Crippen LogP contribution in [-0.2, 0) is 11.3 Å². The molecule has 170 valence electrons. The lowest BCUT2D eigenvalue weighted by atomic mass is 10.1. The molecule has 1 amide bonds. The van der Waals surface area contributed by atoms with E-state index in [1.54, 1.807) is 14.2 Å². The van der Waals surface area contributed by atoms with E-state index in [1.165, 1.54) is 0 Å². The van der Waals surface area contributed by atoms with Gasteiger partial charge in [-0.2, -0.15) is 0 Å². The first-order valence-electron chi connectivity index (χ1n) is 10.9. The first kappa shape index (κ1) is 21.1. The highest BCUT2D eigenvalue weighted by molar-refractivity contribution is 5.97. The van der Waals surface area contributed by atoms with Crippen molar-refractivity contribution < 1.29 is 14.3 Å². The van der Waals surface area contributed by atoms with Crippen molar-refractivity contribution in [1.29, 1.82) is 0 Å². The lowest BCUT2D eigenvalue weighted by Gasteiger charge is -2.40. The second-order valence-corrected chi connectivity index (χ2v) is 8.13. The fraction of sp³-hybridized carbons (Fsp3) is 0.333. The zero-order chi connectivity index (χ0) is 22.9. The molecule has 0 radical (unpaired) electrons. The molecule has 4 aromatic rings. The molecule has 0 saturated carbocycles. The van der Waals surface area contributed by atoms with E-state index in [-0.39, 0.29) is 11.9 Å². The van der Waals surface area contributed by atoms with Gasteiger partial charge in [-0.15, -0.1) is 10.2 Å². The van der Waals surface area contributed by atoms with Crippen molar-refractivity contribution in [3.8, 4) is 5.75 Å². The summed E-state index contributed by atoms with van der Waals surface area (Å²) in [4.78, 5) is 22.3. The summed E-state index contributed by atoms with van der Waals surface area (Å²) in [7, 11) is 3.22. The van der Waals surface area contributed by atoms with Crippen LogP contribution in [0.1, 0.15) is 23.1 Å². The highest BCUT2D eigenvalue weighted by Crippen LogP contribution is 2.27. The number of hydrogen-bond acceptors (Lipinski definition) is 7. The Labute approximate surface area is 191 Å². The van der Waals surface area contributed by atoms with Gasteiger partial charge in [0.25, 0.3) is 5.91 Å². The van der Waals surface area contributed by atoms with Crippen LogP contribution in [0.2, 0.25) is 0 Å². The monoisotopic (exact) mass is 446 g/mol. The number of carbonyl (C=O) groups excluding carboxylic acids is 1. The largest absolute Gasteiger partial charge is 0.496 e. The summed E-state index contributed by atoms with van der Waals surface area (Å²) in [6.45, 7) is 4.22. The maximum atomic E-state index is 13.3. The minimum atomic E-state index is -0.0272. The Morgan fingerprint density at radius 1 is 1.06 bits per heavy atom. The van der Waals surface area contributed by atoms with E-state index in [0.717, 1.165) is 22.5 Å². The number of rotatable bonds is 5. The number of aromatic nitrogens is 4. The van der Waals surface area contributed by atoms with Gasteiger partial charge in [0.15, 0.2) is 11.5 Å². The molecule has 1 aliphatic heterocycles. The van der Waals surface area contributed by atoms with E-state index in [4.69, 9.17) is 14.5 Å². The van der Waals surface area contributed by atoms with Crippen LogP contribution in [-0.4, -0.2) is 70.3 Å². The van der Waals surface area contributed by atoms with Crippen LogP contribution in [0.25, 0.3) is 16.6 Å². The van der Waals surface area contributed by atoms with E-state index >= 15 is 0 Å². The zero-order valence-electron chi connectivity index (χ0n) is 18.9. The van der Waals surface area contributed by atoms with Crippen LogP contribution in [0.4, 0.5) is 5.95 Å². The molecule has 9 heteroatoms. The number of carbonyl (C=O) groups is 1. The fourth-order valence-electron chi connectivity index (χ4n) is 4.47. The number of piperazine rings is 1. The normalized spacial score (nSPS) is 16.5. The molecule has 0 bridgehead atoms. The van der Waals surface area contributed by atoms with Crippen LogP contribution in [0.5, 0.6) is 5.75 Å². The lowest BCUT2D eigenvalue weighted by molar-refractivity contribution is 0.0669. The topological polar surface area (TPSA) is 85.1 Å². The Morgan fingerprint density at radius 3 is 2.64 bits per heavy atom. The molecule has 0 spiro atoms. The van der Waals surface area contributed by atoms with Crippen LogP contribution >= 0.6 is 0 Å². The quantitative estimate of drug-likeness (QED) is 0.466. The summed E-state index contributed by atoms with van der Waals surface area (Å²) < 4.78 is 12.7. The van der Waals surface area contributed by atoms with Gasteiger partial charge in [-0.05, 0) is 31.2 Å². The summed E-state index contributed by atoms with van der Waals surface area (Å²) in [6, 6.07) is 15.2. The van der Waals surface area contributed by atoms with Gasteiger partial charge >= 0.3 is 0 Å². The summed E-state index contributed by atoms with van der Waals surface area (Å²) in [6.07, 6.45) is 0. The Hall–Kier alpha value is -3.72. The summed E-state index contributed by atoms with van der Waals surface area (Å²) >= 11 is 0. The first-order chi connectivity index (χ1) is 16.1. The Morgan fingerprint density at radius 2 is 1.85 bits per heavy atom. The molecular weight excluding hydrogens is 420 g/mol. The van der Waals surface area contributed by atoms with Crippen molar-refractivity contribution in [2.24, 2.45) is 0 Å². The zero-order valence-corrected chi connectivity index (χ0v) is 18.9. The number of methoxy groups -OCH3 is 2. The van der Waals surface area contributed by atoms with Gasteiger partial charge in [-0.1, -0.05) is 24.3 Å². The molecule has 5 rings (SSSR count). The minimum Gasteiger partial charge on any atom is -0.496 e. The molecule has 3 heterocycles. The highest BCUT2D eigenvalue weighted by Gasteiger charge is 2.31. The van der Waals surface area contributed by atoms with Crippen LogP contribution in [0, 0.1) is 0 Å². The number of fused-ring (bicyclic) bond motifs is 3. The predicted molar refractivity (Wildman–Crippen MR) is 125 cm³/mol. The molecule has 1 unspecified atom stereocenters. The minimum absolute atomic E-state index is 0.0261. The first-order valence-corrected chi connectivity index (χ1v) is 10.9. The van der Waals surface area contributed by atoms with Gasteiger partial charge in [0.1, 0.15) is 12.4 Å². The Bertz CT molecular complexity index is 1320. The average Bonchev–Trinajstić information content (AvgIpc) is 3.27. The second-order valence-electron chi connectivity index (χ2n) is 8.13. The van der Waals surface area contributed by atoms with Gasteiger partial charge in [-0.3, -0.25) is 4.79 Å². The number of nitrogens with zero attached hydrogens (tertiary/aromatic N) is 6. The third-order valence-electron chi connectivity index (χ3n) is 6.08. The molecule has 0 aliphatic carbocycles. The SMILES string of the molecule is COCc1nnc2c3ccccc3nc(N3CCN(C(=O)c4ccccc4OC)C(C)C3)n12. The molecule has 1 fully saturated rings. The standard InChI is InChI=1S/C24H26N6O3/c1-16-14-28(12-13-29(16)23(31)18-9-5-7-11-20(18)33-3)24-25-19-10-6-4-8-17(19)22-27-26-21(15-32-2)30(22)24/h4-11,16H,12-15H2,1-3H3. The molecule has 1 aliphatic rings. The predicted octanol–water partition coefficient (Wildman–Crippen LogP) is 2.78. The van der Waals surface area contributed by atoms with Gasteiger partial charge < -0.3 is 19.3 Å². The van der Waals surface area contributed by atoms with E-state index < -0.39 is 0 Å². The van der Waals surface area contributed by atoms with E-state index in [9.17, 15) is 4.79 Å². The number of benzene rings is 2. The van der Waals surface area contributed by atoms with Crippen molar-refractivity contribution in [3.05, 3.63) is 59.9 Å². The van der Waals surface area contributed by atoms with Crippen molar-refractivity contribution in [2.75, 3.05) is 38.8 Å². The lowest BCUT2D eigenvalue weighted by Crippen LogP contribution is -2.54. The molecule has 9 nitrogen and oxygen atoms in total. The molecule has 1 atom stereocenters. The maximum Gasteiger partial charge on any atom is 0.257 e. The highest BCUT2D eigenvalue weighted by atomic mass is 16.5. The maximum absolute atomic E-state index is 13.3. The fourth-order valence-corrected chi connectivity index (χ4v) is 4.47. The van der Waals surface area contributed by atoms with Gasteiger partial charge in [0.2, 0.25) is 5.95 Å². The molecule has 2 aromatic carbocycles. The molecule has 1 saturated heterocycles. The van der Waals surface area contributed by atoms with Crippen LogP contribution < -0.4 is 9.64 Å². The number of amides is 1. The van der Waals surface area contributed by atoms with Gasteiger partial charge in [0.05, 0.1) is 18.2 Å². The Balaban J connectivity index is 1.49. The third kappa shape index (κ3) is 3.64. The van der Waals surface area contributed by atoms with Gasteiger partial charge in [0, 0.05) is 38.2 Å². The average molecular weight is 447 g/mol. The van der Waals surface area contributed by atoms with E-state index in [2.05, 4.69) is 22.0 Å². The van der Waals surface area contributed by atoms with E-state index in [0.29, 0.717) is 43.4 Å². The van der Waals surface area contributed by atoms with Crippen molar-refractivity contribution in [2.45, 2.75) is 19.6 Å². The number of hydrogen-bond donors (Lipinski definition) is 0. The van der Waals surface area contributed by atoms with E-state index in [1.807, 2.05) is 57.8 Å². The van der Waals surface area contributed by atoms with Crippen molar-refractivity contribution in [3.63, 3.8) is 0 Å². The number of ether oxygens (including phenoxy) is 2. The third-order valence-corrected chi connectivity index (χ3v) is 6.08. The van der Waals surface area contributed by atoms with Crippen molar-refractivity contribution in [1.82, 2.24) is 24.5 Å². The van der Waals surface area contributed by atoms with Crippen LogP contribution in [0.3, 0.4) is 0 Å². The molecule has 2 aromatic heterocycles. The van der Waals surface area contributed by atoms with Gasteiger partial charge in [-0.25, -0.2) is 9.38 Å². The Kier molecular flexibility index (Phi) is 5.55. The molecular formula is C24H26N6O3.